The molecule has 0 N–H and O–H groups in total. The second-order valence-corrected chi connectivity index (χ2v) is 4.22. The van der Waals surface area contributed by atoms with Gasteiger partial charge in [0.25, 0.3) is 0 Å². The minimum absolute atomic E-state index is 0.127. The van der Waals surface area contributed by atoms with Crippen molar-refractivity contribution in [2.24, 2.45) is 11.8 Å². The summed E-state index contributed by atoms with van der Waals surface area (Å²) in [4.78, 5) is 11.0. The van der Waals surface area contributed by atoms with Crippen molar-refractivity contribution in [2.75, 3.05) is 0 Å². The average Bonchev–Trinajstić information content (AvgIpc) is 2.20. The van der Waals surface area contributed by atoms with Gasteiger partial charge in [-0.05, 0) is 31.1 Å². The molecule has 1 aliphatic rings. The van der Waals surface area contributed by atoms with Gasteiger partial charge in [0.2, 0.25) is 0 Å². The molecule has 0 aromatic rings. The highest BCUT2D eigenvalue weighted by Gasteiger charge is 2.28. The van der Waals surface area contributed by atoms with Crippen molar-refractivity contribution in [2.45, 2.75) is 45.6 Å². The Balaban J connectivity index is 2.42. The summed E-state index contributed by atoms with van der Waals surface area (Å²) in [7, 11) is 0. The van der Waals surface area contributed by atoms with Gasteiger partial charge in [0.1, 0.15) is 6.10 Å². The Bertz CT molecular complexity index is 210. The van der Waals surface area contributed by atoms with Crippen LogP contribution in [0.3, 0.4) is 0 Å². The van der Waals surface area contributed by atoms with Crippen molar-refractivity contribution in [1.29, 1.82) is 0 Å². The highest BCUT2D eigenvalue weighted by molar-refractivity contribution is 5.81. The molecule has 2 heteroatoms. The molecule has 0 amide bonds. The molecule has 0 spiro atoms. The van der Waals surface area contributed by atoms with E-state index in [1.807, 2.05) is 0 Å². The Labute approximate surface area is 86.3 Å². The molecule has 0 bridgehead atoms. The van der Waals surface area contributed by atoms with Crippen molar-refractivity contribution in [1.82, 2.24) is 0 Å². The highest BCUT2D eigenvalue weighted by atomic mass is 16.5. The molecular weight excluding hydrogens is 176 g/mol. The van der Waals surface area contributed by atoms with Crippen molar-refractivity contribution in [3.8, 4) is 0 Å². The van der Waals surface area contributed by atoms with Gasteiger partial charge < -0.3 is 4.74 Å². The number of rotatable bonds is 3. The van der Waals surface area contributed by atoms with Crippen LogP contribution in [0.1, 0.15) is 39.5 Å². The smallest absolute Gasteiger partial charge is 0.330 e. The third-order valence-electron chi connectivity index (χ3n) is 3.29. The van der Waals surface area contributed by atoms with Crippen molar-refractivity contribution >= 4 is 5.97 Å². The van der Waals surface area contributed by atoms with Crippen LogP contribution in [0.15, 0.2) is 12.7 Å². The van der Waals surface area contributed by atoms with Crippen LogP contribution in [0.5, 0.6) is 0 Å². The predicted octanol–water partition coefficient (Wildman–Crippen LogP) is 2.93. The first kappa shape index (κ1) is 11.3. The molecule has 0 saturated heterocycles. The lowest BCUT2D eigenvalue weighted by atomic mass is 9.77. The predicted molar refractivity (Wildman–Crippen MR) is 56.9 cm³/mol. The Morgan fingerprint density at radius 1 is 1.57 bits per heavy atom. The fourth-order valence-electron chi connectivity index (χ4n) is 2.26. The Kier molecular flexibility index (Phi) is 4.18. The average molecular weight is 196 g/mol. The molecule has 1 fully saturated rings. The zero-order valence-electron chi connectivity index (χ0n) is 9.16. The summed E-state index contributed by atoms with van der Waals surface area (Å²) < 4.78 is 5.26. The van der Waals surface area contributed by atoms with Crippen LogP contribution in [-0.4, -0.2) is 12.1 Å². The van der Waals surface area contributed by atoms with Crippen molar-refractivity contribution < 1.29 is 9.53 Å². The van der Waals surface area contributed by atoms with E-state index in [1.54, 1.807) is 0 Å². The van der Waals surface area contributed by atoms with Crippen molar-refractivity contribution in [3.63, 3.8) is 0 Å². The van der Waals surface area contributed by atoms with Gasteiger partial charge in [-0.25, -0.2) is 4.79 Å². The van der Waals surface area contributed by atoms with Gasteiger partial charge in [-0.1, -0.05) is 26.8 Å². The zero-order chi connectivity index (χ0) is 10.6. The van der Waals surface area contributed by atoms with Crippen LogP contribution in [0.25, 0.3) is 0 Å². The maximum atomic E-state index is 11.0. The first-order chi connectivity index (χ1) is 6.67. The third-order valence-corrected chi connectivity index (χ3v) is 3.29. The van der Waals surface area contributed by atoms with E-state index < -0.39 is 0 Å². The van der Waals surface area contributed by atoms with Gasteiger partial charge in [0.15, 0.2) is 0 Å². The standard InChI is InChI=1S/C12H20O2/c1-4-10-8-11(7-6-9(10)3)14-12(13)5-2/h5,9-11H,2,4,6-8H2,1,3H3. The Hall–Kier alpha value is -0.790. The number of hydrogen-bond acceptors (Lipinski definition) is 2. The second-order valence-electron chi connectivity index (χ2n) is 4.22. The summed E-state index contributed by atoms with van der Waals surface area (Å²) >= 11 is 0. The van der Waals surface area contributed by atoms with Gasteiger partial charge in [-0.3, -0.25) is 0 Å². The molecule has 1 aliphatic carbocycles. The first-order valence-corrected chi connectivity index (χ1v) is 5.50. The van der Waals surface area contributed by atoms with Gasteiger partial charge in [-0.15, -0.1) is 0 Å². The molecule has 0 aliphatic heterocycles. The fraction of sp³-hybridized carbons (Fsp3) is 0.750. The van der Waals surface area contributed by atoms with Crippen molar-refractivity contribution in [3.05, 3.63) is 12.7 Å². The molecule has 0 aromatic heterocycles. The summed E-state index contributed by atoms with van der Waals surface area (Å²) in [6, 6.07) is 0. The van der Waals surface area contributed by atoms with E-state index in [0.29, 0.717) is 5.92 Å². The summed E-state index contributed by atoms with van der Waals surface area (Å²) in [5, 5.41) is 0. The molecule has 0 aromatic carbocycles. The molecular formula is C12H20O2. The van der Waals surface area contributed by atoms with E-state index in [1.165, 1.54) is 18.9 Å². The minimum atomic E-state index is -0.278. The fourth-order valence-corrected chi connectivity index (χ4v) is 2.26. The van der Waals surface area contributed by atoms with E-state index in [0.717, 1.165) is 18.8 Å². The van der Waals surface area contributed by atoms with Crippen LogP contribution in [-0.2, 0) is 9.53 Å². The Morgan fingerprint density at radius 2 is 2.29 bits per heavy atom. The number of carbonyl (C=O) groups is 1. The maximum Gasteiger partial charge on any atom is 0.330 e. The lowest BCUT2D eigenvalue weighted by Crippen LogP contribution is -2.29. The minimum Gasteiger partial charge on any atom is -0.459 e. The lowest BCUT2D eigenvalue weighted by Gasteiger charge is -2.33. The Morgan fingerprint density at radius 3 is 2.86 bits per heavy atom. The summed E-state index contributed by atoms with van der Waals surface area (Å²) in [6.45, 7) is 7.90. The quantitative estimate of drug-likeness (QED) is 0.512. The third kappa shape index (κ3) is 2.86. The zero-order valence-corrected chi connectivity index (χ0v) is 9.16. The van der Waals surface area contributed by atoms with Gasteiger partial charge >= 0.3 is 5.97 Å². The van der Waals surface area contributed by atoms with Gasteiger partial charge in [0, 0.05) is 6.08 Å². The van der Waals surface area contributed by atoms with Crippen LogP contribution < -0.4 is 0 Å². The van der Waals surface area contributed by atoms with E-state index in [2.05, 4.69) is 20.4 Å². The monoisotopic (exact) mass is 196 g/mol. The number of carbonyl (C=O) groups excluding carboxylic acids is 1. The largest absolute Gasteiger partial charge is 0.459 e. The summed E-state index contributed by atoms with van der Waals surface area (Å²) in [6.07, 6.45) is 5.77. The van der Waals surface area contributed by atoms with Gasteiger partial charge in [-0.2, -0.15) is 0 Å². The summed E-state index contributed by atoms with van der Waals surface area (Å²) in [5.74, 6) is 1.21. The number of ether oxygens (including phenoxy) is 1. The molecule has 1 saturated carbocycles. The van der Waals surface area contributed by atoms with E-state index in [4.69, 9.17) is 4.74 Å². The summed E-state index contributed by atoms with van der Waals surface area (Å²) in [5.41, 5.74) is 0. The van der Waals surface area contributed by atoms with E-state index in [9.17, 15) is 4.79 Å². The lowest BCUT2D eigenvalue weighted by molar-refractivity contribution is -0.145. The molecule has 3 unspecified atom stereocenters. The van der Waals surface area contributed by atoms with Crippen LogP contribution in [0, 0.1) is 11.8 Å². The molecule has 0 radical (unpaired) electrons. The van der Waals surface area contributed by atoms with Crippen LogP contribution in [0.4, 0.5) is 0 Å². The number of hydrogen-bond donors (Lipinski definition) is 0. The molecule has 14 heavy (non-hydrogen) atoms. The number of esters is 1. The molecule has 2 nitrogen and oxygen atoms in total. The molecule has 80 valence electrons. The molecule has 3 atom stereocenters. The maximum absolute atomic E-state index is 11.0. The van der Waals surface area contributed by atoms with E-state index >= 15 is 0 Å². The SMILES string of the molecule is C=CC(=O)OC1CCC(C)C(CC)C1. The molecule has 0 heterocycles. The van der Waals surface area contributed by atoms with Crippen LogP contribution >= 0.6 is 0 Å². The topological polar surface area (TPSA) is 26.3 Å². The van der Waals surface area contributed by atoms with Gasteiger partial charge in [0.05, 0.1) is 0 Å². The first-order valence-electron chi connectivity index (χ1n) is 5.50. The van der Waals surface area contributed by atoms with E-state index in [-0.39, 0.29) is 12.1 Å². The highest BCUT2D eigenvalue weighted by Crippen LogP contribution is 2.33. The molecule has 1 rings (SSSR count). The van der Waals surface area contributed by atoms with Crippen LogP contribution in [0.2, 0.25) is 0 Å². The second kappa shape index (κ2) is 5.18. The normalized spacial score (nSPS) is 32.3.